The Bertz CT molecular complexity index is 418. The van der Waals surface area contributed by atoms with E-state index in [2.05, 4.69) is 25.2 Å². The lowest BCUT2D eigenvalue weighted by Gasteiger charge is -2.17. The average molecular weight is 280 g/mol. The molecule has 2 unspecified atom stereocenters. The molecule has 19 heavy (non-hydrogen) atoms. The Labute approximate surface area is 120 Å². The monoisotopic (exact) mass is 280 g/mol. The zero-order valence-electron chi connectivity index (χ0n) is 12.1. The maximum Gasteiger partial charge on any atom is 0.230 e. The second kappa shape index (κ2) is 7.56. The number of nitrogens with one attached hydrogen (secondary N) is 1. The maximum absolute atomic E-state index is 11.8. The fraction of sp³-hybridized carbons (Fsp3) is 0.533. The smallest absolute Gasteiger partial charge is 0.230 e. The minimum atomic E-state index is 0.0235. The first-order chi connectivity index (χ1) is 8.90. The number of hydrogen-bond acceptors (Lipinski definition) is 3. The Morgan fingerprint density at radius 2 is 2.00 bits per heavy atom. The SMILES string of the molecule is CC(N)c1cccc(SCC(=O)NC(C)C(C)C)c1. The van der Waals surface area contributed by atoms with Crippen molar-refractivity contribution in [2.24, 2.45) is 11.7 Å². The Morgan fingerprint density at radius 3 is 2.58 bits per heavy atom. The van der Waals surface area contributed by atoms with Crippen LogP contribution in [0.2, 0.25) is 0 Å². The van der Waals surface area contributed by atoms with Gasteiger partial charge in [-0.2, -0.15) is 0 Å². The number of benzene rings is 1. The van der Waals surface area contributed by atoms with Crippen molar-refractivity contribution < 1.29 is 4.79 Å². The molecule has 3 N–H and O–H groups in total. The zero-order valence-corrected chi connectivity index (χ0v) is 13.0. The van der Waals surface area contributed by atoms with E-state index in [1.807, 2.05) is 32.0 Å². The predicted octanol–water partition coefficient (Wildman–Crippen LogP) is 2.96. The number of hydrogen-bond donors (Lipinski definition) is 2. The van der Waals surface area contributed by atoms with Crippen molar-refractivity contribution >= 4 is 17.7 Å². The van der Waals surface area contributed by atoms with Crippen molar-refractivity contribution in [3.05, 3.63) is 29.8 Å². The van der Waals surface area contributed by atoms with E-state index in [4.69, 9.17) is 5.73 Å². The molecule has 0 fully saturated rings. The third-order valence-electron chi connectivity index (χ3n) is 3.14. The lowest BCUT2D eigenvalue weighted by Crippen LogP contribution is -2.37. The summed E-state index contributed by atoms with van der Waals surface area (Å²) in [6.45, 7) is 8.19. The Balaban J connectivity index is 2.48. The molecule has 2 atom stereocenters. The van der Waals surface area contributed by atoms with Gasteiger partial charge in [0.25, 0.3) is 0 Å². The molecule has 0 bridgehead atoms. The van der Waals surface area contributed by atoms with Crippen LogP contribution in [0.25, 0.3) is 0 Å². The highest BCUT2D eigenvalue weighted by Gasteiger charge is 2.11. The van der Waals surface area contributed by atoms with Crippen LogP contribution in [-0.4, -0.2) is 17.7 Å². The summed E-state index contributed by atoms with van der Waals surface area (Å²) < 4.78 is 0. The maximum atomic E-state index is 11.8. The fourth-order valence-electron chi connectivity index (χ4n) is 1.50. The van der Waals surface area contributed by atoms with Gasteiger partial charge in [-0.05, 0) is 37.5 Å². The van der Waals surface area contributed by atoms with Crippen LogP contribution in [-0.2, 0) is 4.79 Å². The number of nitrogens with two attached hydrogens (primary N) is 1. The van der Waals surface area contributed by atoms with Gasteiger partial charge in [-0.25, -0.2) is 0 Å². The largest absolute Gasteiger partial charge is 0.353 e. The van der Waals surface area contributed by atoms with Gasteiger partial charge in [-0.1, -0.05) is 26.0 Å². The van der Waals surface area contributed by atoms with Crippen molar-refractivity contribution in [1.82, 2.24) is 5.32 Å². The topological polar surface area (TPSA) is 55.1 Å². The van der Waals surface area contributed by atoms with Gasteiger partial charge >= 0.3 is 0 Å². The predicted molar refractivity (Wildman–Crippen MR) is 82.2 cm³/mol. The van der Waals surface area contributed by atoms with E-state index in [9.17, 15) is 4.79 Å². The van der Waals surface area contributed by atoms with E-state index < -0.39 is 0 Å². The normalized spacial score (nSPS) is 14.2. The van der Waals surface area contributed by atoms with E-state index in [1.165, 1.54) is 0 Å². The summed E-state index contributed by atoms with van der Waals surface area (Å²) in [5, 5.41) is 3.00. The summed E-state index contributed by atoms with van der Waals surface area (Å²) in [6.07, 6.45) is 0. The first-order valence-corrected chi connectivity index (χ1v) is 7.66. The first-order valence-electron chi connectivity index (χ1n) is 6.68. The molecule has 0 aromatic heterocycles. The molecule has 0 aliphatic heterocycles. The summed E-state index contributed by atoms with van der Waals surface area (Å²) in [4.78, 5) is 12.9. The molecule has 1 aromatic carbocycles. The Kier molecular flexibility index (Phi) is 6.38. The van der Waals surface area contributed by atoms with Gasteiger partial charge in [0.05, 0.1) is 5.75 Å². The lowest BCUT2D eigenvalue weighted by atomic mass is 10.1. The Morgan fingerprint density at radius 1 is 1.32 bits per heavy atom. The number of carbonyl (C=O) groups is 1. The van der Waals surface area contributed by atoms with Crippen molar-refractivity contribution in [3.8, 4) is 0 Å². The molecule has 1 aromatic rings. The van der Waals surface area contributed by atoms with Gasteiger partial charge < -0.3 is 11.1 Å². The third-order valence-corrected chi connectivity index (χ3v) is 4.14. The molecular formula is C15H24N2OS. The van der Waals surface area contributed by atoms with Gasteiger partial charge in [0, 0.05) is 17.0 Å². The quantitative estimate of drug-likeness (QED) is 0.788. The molecule has 0 saturated carbocycles. The van der Waals surface area contributed by atoms with Crippen LogP contribution in [0.3, 0.4) is 0 Å². The summed E-state index contributed by atoms with van der Waals surface area (Å²) in [5.74, 6) is 0.979. The molecule has 4 heteroatoms. The molecular weight excluding hydrogens is 256 g/mol. The van der Waals surface area contributed by atoms with E-state index in [0.717, 1.165) is 10.5 Å². The van der Waals surface area contributed by atoms with E-state index in [-0.39, 0.29) is 18.0 Å². The first kappa shape index (κ1) is 16.1. The highest BCUT2D eigenvalue weighted by atomic mass is 32.2. The van der Waals surface area contributed by atoms with Gasteiger partial charge in [0.1, 0.15) is 0 Å². The summed E-state index contributed by atoms with van der Waals surface area (Å²) in [6, 6.07) is 8.29. The standard InChI is InChI=1S/C15H24N2OS/c1-10(2)12(4)17-15(18)9-19-14-7-5-6-13(8-14)11(3)16/h5-8,10-12H,9,16H2,1-4H3,(H,17,18). The van der Waals surface area contributed by atoms with Gasteiger partial charge in [0.2, 0.25) is 5.91 Å². The van der Waals surface area contributed by atoms with Crippen LogP contribution in [0.4, 0.5) is 0 Å². The minimum Gasteiger partial charge on any atom is -0.353 e. The molecule has 1 rings (SSSR count). The van der Waals surface area contributed by atoms with Crippen LogP contribution in [0.5, 0.6) is 0 Å². The highest BCUT2D eigenvalue weighted by molar-refractivity contribution is 8.00. The molecule has 0 saturated heterocycles. The van der Waals surface area contributed by atoms with Crippen molar-refractivity contribution in [2.75, 3.05) is 5.75 Å². The van der Waals surface area contributed by atoms with Gasteiger partial charge in [-0.3, -0.25) is 4.79 Å². The van der Waals surface area contributed by atoms with E-state index in [1.54, 1.807) is 11.8 Å². The third kappa shape index (κ3) is 5.66. The van der Waals surface area contributed by atoms with Crippen molar-refractivity contribution in [1.29, 1.82) is 0 Å². The summed E-state index contributed by atoms with van der Waals surface area (Å²) in [5.41, 5.74) is 6.95. The lowest BCUT2D eigenvalue weighted by molar-refractivity contribution is -0.119. The second-order valence-electron chi connectivity index (χ2n) is 5.25. The van der Waals surface area contributed by atoms with Crippen LogP contribution in [0, 0.1) is 5.92 Å². The molecule has 1 amide bonds. The summed E-state index contributed by atoms with van der Waals surface area (Å²) >= 11 is 1.55. The van der Waals surface area contributed by atoms with Crippen molar-refractivity contribution in [2.45, 2.75) is 44.7 Å². The number of amides is 1. The molecule has 0 aliphatic rings. The average Bonchev–Trinajstić information content (AvgIpc) is 2.36. The van der Waals surface area contributed by atoms with Crippen LogP contribution < -0.4 is 11.1 Å². The molecule has 3 nitrogen and oxygen atoms in total. The zero-order chi connectivity index (χ0) is 14.4. The minimum absolute atomic E-state index is 0.0235. The van der Waals surface area contributed by atoms with Crippen molar-refractivity contribution in [3.63, 3.8) is 0 Å². The van der Waals surface area contributed by atoms with E-state index in [0.29, 0.717) is 11.7 Å². The molecule has 0 spiro atoms. The number of thioether (sulfide) groups is 1. The van der Waals surface area contributed by atoms with Gasteiger partial charge in [0.15, 0.2) is 0 Å². The summed E-state index contributed by atoms with van der Waals surface area (Å²) in [7, 11) is 0. The van der Waals surface area contributed by atoms with Crippen LogP contribution in [0.15, 0.2) is 29.2 Å². The molecule has 106 valence electrons. The van der Waals surface area contributed by atoms with Crippen LogP contribution in [0.1, 0.15) is 39.3 Å². The van der Waals surface area contributed by atoms with Crippen LogP contribution >= 0.6 is 11.8 Å². The second-order valence-corrected chi connectivity index (χ2v) is 6.30. The Hall–Kier alpha value is -1.00. The van der Waals surface area contributed by atoms with Gasteiger partial charge in [-0.15, -0.1) is 11.8 Å². The fourth-order valence-corrected chi connectivity index (χ4v) is 2.27. The number of rotatable bonds is 6. The molecule has 0 heterocycles. The molecule has 0 radical (unpaired) electrons. The molecule has 0 aliphatic carbocycles. The number of carbonyl (C=O) groups excluding carboxylic acids is 1. The highest BCUT2D eigenvalue weighted by Crippen LogP contribution is 2.21. The van der Waals surface area contributed by atoms with E-state index >= 15 is 0 Å².